The Morgan fingerprint density at radius 3 is 2.70 bits per heavy atom. The number of aromatic nitrogens is 1. The number of aryl methyl sites for hydroxylation is 1. The van der Waals surface area contributed by atoms with Crippen LogP contribution in [0.5, 0.6) is 0 Å². The lowest BCUT2D eigenvalue weighted by Gasteiger charge is -1.99. The summed E-state index contributed by atoms with van der Waals surface area (Å²) in [7, 11) is 0. The number of nitrogens with one attached hydrogen (secondary N) is 1. The average Bonchev–Trinajstić information content (AvgIpc) is 2.48. The van der Waals surface area contributed by atoms with Crippen molar-refractivity contribution in [1.29, 1.82) is 0 Å². The van der Waals surface area contributed by atoms with E-state index in [-0.39, 0.29) is 5.69 Å². The molecule has 0 aliphatic carbocycles. The molecule has 2 aromatic rings. The van der Waals surface area contributed by atoms with E-state index in [1.807, 2.05) is 18.2 Å². The number of benzene rings is 1. The third-order valence-electron chi connectivity index (χ3n) is 2.63. The molecule has 0 saturated carbocycles. The van der Waals surface area contributed by atoms with Crippen molar-refractivity contribution in [3.8, 4) is 0 Å². The first-order chi connectivity index (χ1) is 9.75. The van der Waals surface area contributed by atoms with E-state index in [9.17, 15) is 10.1 Å². The Labute approximate surface area is 116 Å². The molecule has 6 heteroatoms. The number of nitrogens with zero attached hydrogens (tertiary/aromatic N) is 3. The summed E-state index contributed by atoms with van der Waals surface area (Å²) in [5.41, 5.74) is 3.95. The Morgan fingerprint density at radius 1 is 1.25 bits per heavy atom. The van der Waals surface area contributed by atoms with Crippen LogP contribution >= 0.6 is 0 Å². The van der Waals surface area contributed by atoms with Crippen molar-refractivity contribution in [2.45, 2.75) is 12.8 Å². The highest BCUT2D eigenvalue weighted by molar-refractivity contribution is 5.59. The summed E-state index contributed by atoms with van der Waals surface area (Å²) in [6.07, 6.45) is 4.68. The van der Waals surface area contributed by atoms with Crippen LogP contribution in [0.1, 0.15) is 12.0 Å². The van der Waals surface area contributed by atoms with Gasteiger partial charge in [0.25, 0.3) is 5.69 Å². The van der Waals surface area contributed by atoms with Crippen molar-refractivity contribution < 1.29 is 4.92 Å². The Hall–Kier alpha value is -2.76. The molecule has 1 aromatic carbocycles. The van der Waals surface area contributed by atoms with Gasteiger partial charge in [0.05, 0.1) is 4.92 Å². The van der Waals surface area contributed by atoms with E-state index in [0.717, 1.165) is 12.8 Å². The maximum atomic E-state index is 10.5. The predicted molar refractivity (Wildman–Crippen MR) is 77.8 cm³/mol. The van der Waals surface area contributed by atoms with Gasteiger partial charge in [-0.2, -0.15) is 5.10 Å². The van der Waals surface area contributed by atoms with Gasteiger partial charge in [-0.3, -0.25) is 15.5 Å². The molecule has 0 atom stereocenters. The summed E-state index contributed by atoms with van der Waals surface area (Å²) < 4.78 is 0. The molecular formula is C14H14N4O2. The van der Waals surface area contributed by atoms with E-state index in [0.29, 0.717) is 5.82 Å². The topological polar surface area (TPSA) is 80.4 Å². The highest BCUT2D eigenvalue weighted by atomic mass is 16.6. The second-order valence-electron chi connectivity index (χ2n) is 4.11. The molecule has 1 aromatic heterocycles. The number of rotatable bonds is 6. The zero-order chi connectivity index (χ0) is 14.2. The van der Waals surface area contributed by atoms with E-state index in [1.54, 1.807) is 6.21 Å². The smallest absolute Gasteiger partial charge is 0.262 e. The zero-order valence-corrected chi connectivity index (χ0v) is 10.8. The van der Waals surface area contributed by atoms with Crippen LogP contribution in [0.25, 0.3) is 0 Å². The molecule has 0 amide bonds. The fourth-order valence-electron chi connectivity index (χ4n) is 1.61. The van der Waals surface area contributed by atoms with E-state index in [2.05, 4.69) is 27.6 Å². The average molecular weight is 270 g/mol. The largest absolute Gasteiger partial charge is 0.287 e. The molecule has 0 saturated heterocycles. The Kier molecular flexibility index (Phi) is 4.77. The SMILES string of the molecule is O=[N+]([O-])c1ccc(N/N=C\CCc2ccccc2)nc1. The maximum Gasteiger partial charge on any atom is 0.287 e. The summed E-state index contributed by atoms with van der Waals surface area (Å²) in [6.45, 7) is 0. The molecule has 0 unspecified atom stereocenters. The summed E-state index contributed by atoms with van der Waals surface area (Å²) in [5, 5.41) is 14.5. The van der Waals surface area contributed by atoms with Crippen molar-refractivity contribution in [3.05, 3.63) is 64.3 Å². The zero-order valence-electron chi connectivity index (χ0n) is 10.8. The van der Waals surface area contributed by atoms with Gasteiger partial charge >= 0.3 is 0 Å². The molecule has 2 rings (SSSR count). The molecule has 20 heavy (non-hydrogen) atoms. The van der Waals surface area contributed by atoms with Crippen LogP contribution in [0.3, 0.4) is 0 Å². The number of hydrogen-bond donors (Lipinski definition) is 1. The second kappa shape index (κ2) is 6.98. The fourth-order valence-corrected chi connectivity index (χ4v) is 1.61. The maximum absolute atomic E-state index is 10.5. The number of hydrogen-bond acceptors (Lipinski definition) is 5. The second-order valence-corrected chi connectivity index (χ2v) is 4.11. The quantitative estimate of drug-likeness (QED) is 0.497. The third kappa shape index (κ3) is 4.16. The van der Waals surface area contributed by atoms with Crippen molar-refractivity contribution in [2.75, 3.05) is 5.43 Å². The summed E-state index contributed by atoms with van der Waals surface area (Å²) >= 11 is 0. The lowest BCUT2D eigenvalue weighted by molar-refractivity contribution is -0.385. The molecule has 0 aliphatic rings. The van der Waals surface area contributed by atoms with Crippen molar-refractivity contribution in [3.63, 3.8) is 0 Å². The van der Waals surface area contributed by atoms with Gasteiger partial charge in [0, 0.05) is 12.3 Å². The van der Waals surface area contributed by atoms with Crippen LogP contribution in [0.15, 0.2) is 53.8 Å². The first-order valence-electron chi connectivity index (χ1n) is 6.17. The van der Waals surface area contributed by atoms with Gasteiger partial charge in [0.15, 0.2) is 0 Å². The molecular weight excluding hydrogens is 256 g/mol. The molecule has 0 fully saturated rings. The fraction of sp³-hybridized carbons (Fsp3) is 0.143. The van der Waals surface area contributed by atoms with Crippen LogP contribution in [0, 0.1) is 10.1 Å². The molecule has 102 valence electrons. The predicted octanol–water partition coefficient (Wildman–Crippen LogP) is 3.02. The number of nitro groups is 1. The van der Waals surface area contributed by atoms with Crippen molar-refractivity contribution in [2.24, 2.45) is 5.10 Å². The lowest BCUT2D eigenvalue weighted by Crippen LogP contribution is -1.95. The Bertz CT molecular complexity index is 582. The lowest BCUT2D eigenvalue weighted by atomic mass is 10.1. The minimum Gasteiger partial charge on any atom is -0.262 e. The number of anilines is 1. The molecule has 6 nitrogen and oxygen atoms in total. The molecule has 0 bridgehead atoms. The molecule has 1 heterocycles. The van der Waals surface area contributed by atoms with Crippen LogP contribution in [0.4, 0.5) is 11.5 Å². The third-order valence-corrected chi connectivity index (χ3v) is 2.63. The first-order valence-corrected chi connectivity index (χ1v) is 6.17. The van der Waals surface area contributed by atoms with Crippen LogP contribution in [-0.4, -0.2) is 16.1 Å². The van der Waals surface area contributed by atoms with Crippen LogP contribution in [-0.2, 0) is 6.42 Å². The van der Waals surface area contributed by atoms with Crippen molar-refractivity contribution in [1.82, 2.24) is 4.98 Å². The van der Waals surface area contributed by atoms with Gasteiger partial charge in [-0.05, 0) is 24.5 Å². The first kappa shape index (κ1) is 13.7. The standard InChI is InChI=1S/C14H14N4O2/c19-18(20)13-8-9-14(15-11-13)17-16-10-4-7-12-5-2-1-3-6-12/h1-3,5-6,8-11H,4,7H2,(H,15,17)/b16-10-. The summed E-state index contributed by atoms with van der Waals surface area (Å²) in [4.78, 5) is 13.9. The molecule has 0 aliphatic heterocycles. The molecule has 1 N–H and O–H groups in total. The van der Waals surface area contributed by atoms with Gasteiger partial charge < -0.3 is 0 Å². The van der Waals surface area contributed by atoms with Gasteiger partial charge in [-0.1, -0.05) is 30.3 Å². The normalized spacial score (nSPS) is 10.6. The van der Waals surface area contributed by atoms with Crippen LogP contribution < -0.4 is 5.43 Å². The molecule has 0 spiro atoms. The highest BCUT2D eigenvalue weighted by Gasteiger charge is 2.03. The summed E-state index contributed by atoms with van der Waals surface area (Å²) in [6, 6.07) is 13.0. The van der Waals surface area contributed by atoms with E-state index >= 15 is 0 Å². The van der Waals surface area contributed by atoms with Gasteiger partial charge in [-0.15, -0.1) is 0 Å². The van der Waals surface area contributed by atoms with Gasteiger partial charge in [0.2, 0.25) is 0 Å². The van der Waals surface area contributed by atoms with Gasteiger partial charge in [0.1, 0.15) is 12.0 Å². The van der Waals surface area contributed by atoms with E-state index in [4.69, 9.17) is 0 Å². The monoisotopic (exact) mass is 270 g/mol. The number of pyridine rings is 1. The Morgan fingerprint density at radius 2 is 2.05 bits per heavy atom. The highest BCUT2D eigenvalue weighted by Crippen LogP contribution is 2.11. The van der Waals surface area contributed by atoms with E-state index < -0.39 is 4.92 Å². The van der Waals surface area contributed by atoms with Crippen molar-refractivity contribution >= 4 is 17.7 Å². The minimum atomic E-state index is -0.486. The van der Waals surface area contributed by atoms with E-state index in [1.165, 1.54) is 23.9 Å². The molecule has 0 radical (unpaired) electrons. The summed E-state index contributed by atoms with van der Waals surface area (Å²) in [5.74, 6) is 0.478. The van der Waals surface area contributed by atoms with Gasteiger partial charge in [-0.25, -0.2) is 4.98 Å². The minimum absolute atomic E-state index is 0.0383. The van der Waals surface area contributed by atoms with Crippen LogP contribution in [0.2, 0.25) is 0 Å². The Balaban J connectivity index is 1.77. The number of hydrazone groups is 1.